The van der Waals surface area contributed by atoms with E-state index in [-0.39, 0.29) is 24.2 Å². The molecule has 0 N–H and O–H groups in total. The second-order valence-electron chi connectivity index (χ2n) is 5.38. The summed E-state index contributed by atoms with van der Waals surface area (Å²) in [5, 5.41) is 0.596. The van der Waals surface area contributed by atoms with Crippen LogP contribution < -0.4 is 4.90 Å². The van der Waals surface area contributed by atoms with Crippen molar-refractivity contribution in [2.75, 3.05) is 4.90 Å². The van der Waals surface area contributed by atoms with Gasteiger partial charge in [0.05, 0.1) is 11.1 Å². The van der Waals surface area contributed by atoms with Gasteiger partial charge in [-0.3, -0.25) is 9.59 Å². The minimum absolute atomic E-state index is 0.118. The van der Waals surface area contributed by atoms with Crippen LogP contribution in [0.5, 0.6) is 0 Å². The van der Waals surface area contributed by atoms with Crippen molar-refractivity contribution in [3.8, 4) is 0 Å². The Morgan fingerprint density at radius 3 is 2.47 bits per heavy atom. The van der Waals surface area contributed by atoms with Crippen molar-refractivity contribution in [2.45, 2.75) is 27.2 Å². The lowest BCUT2D eigenvalue weighted by Crippen LogP contribution is -2.37. The number of nitrogens with zero attached hydrogens (tertiary/aromatic N) is 1. The molecule has 0 saturated carbocycles. The standard InChI is InChI=1S/C14H15ClINO2/c1-8(2)14(3)7-12(18)17(13(14)19)11-5-4-9(15)6-10(11)16/h4-6,8H,7H2,1-3H3. The van der Waals surface area contributed by atoms with Gasteiger partial charge in [0, 0.05) is 15.0 Å². The van der Waals surface area contributed by atoms with Crippen LogP contribution in [0.15, 0.2) is 18.2 Å². The summed E-state index contributed by atoms with van der Waals surface area (Å²) < 4.78 is 0.805. The van der Waals surface area contributed by atoms with E-state index in [9.17, 15) is 9.59 Å². The van der Waals surface area contributed by atoms with Gasteiger partial charge in [0.25, 0.3) is 0 Å². The average Bonchev–Trinajstić information content (AvgIpc) is 2.53. The summed E-state index contributed by atoms with van der Waals surface area (Å²) in [6, 6.07) is 5.18. The van der Waals surface area contributed by atoms with Gasteiger partial charge in [0.1, 0.15) is 0 Å². The molecule has 0 bridgehead atoms. The summed E-state index contributed by atoms with van der Waals surface area (Å²) in [5.41, 5.74) is 0.0177. The molecule has 19 heavy (non-hydrogen) atoms. The lowest BCUT2D eigenvalue weighted by Gasteiger charge is -2.26. The zero-order valence-electron chi connectivity index (χ0n) is 11.0. The second-order valence-corrected chi connectivity index (χ2v) is 6.98. The summed E-state index contributed by atoms with van der Waals surface area (Å²) in [6.45, 7) is 5.81. The van der Waals surface area contributed by atoms with Crippen molar-refractivity contribution in [3.63, 3.8) is 0 Å². The van der Waals surface area contributed by atoms with E-state index in [0.29, 0.717) is 10.7 Å². The molecule has 1 heterocycles. The van der Waals surface area contributed by atoms with E-state index in [1.54, 1.807) is 18.2 Å². The molecule has 1 saturated heterocycles. The fraction of sp³-hybridized carbons (Fsp3) is 0.429. The molecular formula is C14H15ClINO2. The highest BCUT2D eigenvalue weighted by atomic mass is 127. The van der Waals surface area contributed by atoms with E-state index in [4.69, 9.17) is 11.6 Å². The van der Waals surface area contributed by atoms with Gasteiger partial charge in [0.2, 0.25) is 11.8 Å². The van der Waals surface area contributed by atoms with E-state index < -0.39 is 5.41 Å². The lowest BCUT2D eigenvalue weighted by molar-refractivity contribution is -0.126. The zero-order chi connectivity index (χ0) is 14.4. The third-order valence-corrected chi connectivity index (χ3v) is 4.98. The predicted octanol–water partition coefficient (Wildman–Crippen LogP) is 3.87. The fourth-order valence-electron chi connectivity index (χ4n) is 2.19. The number of carbonyl (C=O) groups excluding carboxylic acids is 2. The molecule has 0 spiro atoms. The quantitative estimate of drug-likeness (QED) is 0.567. The fourth-order valence-corrected chi connectivity index (χ4v) is 3.31. The van der Waals surface area contributed by atoms with E-state index in [0.717, 1.165) is 3.57 Å². The highest BCUT2D eigenvalue weighted by Crippen LogP contribution is 2.42. The van der Waals surface area contributed by atoms with Gasteiger partial charge in [-0.2, -0.15) is 0 Å². The Balaban J connectivity index is 2.46. The predicted molar refractivity (Wildman–Crippen MR) is 84.2 cm³/mol. The number of rotatable bonds is 2. The molecule has 5 heteroatoms. The van der Waals surface area contributed by atoms with Crippen LogP contribution >= 0.6 is 34.2 Å². The van der Waals surface area contributed by atoms with Crippen LogP contribution in [0.4, 0.5) is 5.69 Å². The minimum Gasteiger partial charge on any atom is -0.274 e. The first-order chi connectivity index (χ1) is 8.77. The van der Waals surface area contributed by atoms with Gasteiger partial charge in [-0.15, -0.1) is 0 Å². The summed E-state index contributed by atoms with van der Waals surface area (Å²) in [4.78, 5) is 26.1. The number of halogens is 2. The Morgan fingerprint density at radius 1 is 1.37 bits per heavy atom. The number of hydrogen-bond donors (Lipinski definition) is 0. The largest absolute Gasteiger partial charge is 0.274 e. The van der Waals surface area contributed by atoms with E-state index in [1.165, 1.54) is 4.90 Å². The molecule has 0 aliphatic carbocycles. The maximum absolute atomic E-state index is 12.6. The SMILES string of the molecule is CC(C)C1(C)CC(=O)N(c2ccc(Cl)cc2I)C1=O. The molecule has 3 nitrogen and oxygen atoms in total. The van der Waals surface area contributed by atoms with Gasteiger partial charge in [-0.1, -0.05) is 25.4 Å². The van der Waals surface area contributed by atoms with Crippen LogP contribution in [-0.2, 0) is 9.59 Å². The third-order valence-electron chi connectivity index (χ3n) is 3.88. The maximum atomic E-state index is 12.6. The third kappa shape index (κ3) is 2.40. The van der Waals surface area contributed by atoms with Crippen LogP contribution in [0.2, 0.25) is 5.02 Å². The van der Waals surface area contributed by atoms with Crippen molar-refractivity contribution in [2.24, 2.45) is 11.3 Å². The van der Waals surface area contributed by atoms with E-state index in [2.05, 4.69) is 22.6 Å². The molecule has 1 aromatic rings. The van der Waals surface area contributed by atoms with E-state index in [1.807, 2.05) is 20.8 Å². The highest BCUT2D eigenvalue weighted by Gasteiger charge is 2.50. The molecule has 1 fully saturated rings. The molecule has 2 rings (SSSR count). The number of benzene rings is 1. The summed E-state index contributed by atoms with van der Waals surface area (Å²) >= 11 is 8.00. The molecule has 102 valence electrons. The lowest BCUT2D eigenvalue weighted by atomic mass is 9.78. The van der Waals surface area contributed by atoms with Crippen LogP contribution in [0.1, 0.15) is 27.2 Å². The van der Waals surface area contributed by atoms with Crippen LogP contribution in [0.25, 0.3) is 0 Å². The molecule has 1 aromatic carbocycles. The highest BCUT2D eigenvalue weighted by molar-refractivity contribution is 14.1. The summed E-state index contributed by atoms with van der Waals surface area (Å²) in [5.74, 6) is -0.131. The number of anilines is 1. The number of imide groups is 1. The molecule has 1 aliphatic rings. The first kappa shape index (κ1) is 14.8. The summed E-state index contributed by atoms with van der Waals surface area (Å²) in [6.07, 6.45) is 0.266. The first-order valence-electron chi connectivity index (χ1n) is 6.10. The van der Waals surface area contributed by atoms with Gasteiger partial charge >= 0.3 is 0 Å². The maximum Gasteiger partial charge on any atom is 0.240 e. The van der Waals surface area contributed by atoms with Gasteiger partial charge in [0.15, 0.2) is 0 Å². The number of hydrogen-bond acceptors (Lipinski definition) is 2. The van der Waals surface area contributed by atoms with Gasteiger partial charge in [-0.05, 0) is 53.6 Å². The van der Waals surface area contributed by atoms with Crippen molar-refractivity contribution in [1.82, 2.24) is 0 Å². The van der Waals surface area contributed by atoms with E-state index >= 15 is 0 Å². The minimum atomic E-state index is -0.611. The van der Waals surface area contributed by atoms with Crippen molar-refractivity contribution >= 4 is 51.7 Å². The molecule has 1 atom stereocenters. The van der Waals surface area contributed by atoms with Crippen molar-refractivity contribution in [3.05, 3.63) is 26.8 Å². The second kappa shape index (κ2) is 5.05. The average molecular weight is 392 g/mol. The topological polar surface area (TPSA) is 37.4 Å². The Hall–Kier alpha value is -0.620. The molecule has 0 aromatic heterocycles. The van der Waals surface area contributed by atoms with Gasteiger partial charge < -0.3 is 0 Å². The Labute approximate surface area is 131 Å². The molecule has 2 amide bonds. The van der Waals surface area contributed by atoms with Crippen LogP contribution in [-0.4, -0.2) is 11.8 Å². The normalized spacial score (nSPS) is 23.6. The van der Waals surface area contributed by atoms with Crippen molar-refractivity contribution in [1.29, 1.82) is 0 Å². The monoisotopic (exact) mass is 391 g/mol. The molecule has 1 aliphatic heterocycles. The zero-order valence-corrected chi connectivity index (χ0v) is 13.9. The van der Waals surface area contributed by atoms with Crippen molar-refractivity contribution < 1.29 is 9.59 Å². The number of amides is 2. The molecule has 0 radical (unpaired) electrons. The summed E-state index contributed by atoms with van der Waals surface area (Å²) in [7, 11) is 0. The van der Waals surface area contributed by atoms with Crippen LogP contribution in [0.3, 0.4) is 0 Å². The Morgan fingerprint density at radius 2 is 2.00 bits per heavy atom. The Kier molecular flexibility index (Phi) is 3.93. The number of carbonyl (C=O) groups is 2. The molecular weight excluding hydrogens is 377 g/mol. The smallest absolute Gasteiger partial charge is 0.240 e. The first-order valence-corrected chi connectivity index (χ1v) is 7.55. The molecule has 1 unspecified atom stereocenters. The van der Waals surface area contributed by atoms with Crippen LogP contribution in [0, 0.1) is 14.9 Å². The Bertz CT molecular complexity index is 558. The van der Waals surface area contributed by atoms with Gasteiger partial charge in [-0.25, -0.2) is 4.90 Å².